The summed E-state index contributed by atoms with van der Waals surface area (Å²) in [5, 5.41) is 2.25. The van der Waals surface area contributed by atoms with Crippen molar-refractivity contribution in [2.24, 2.45) is 0 Å². The van der Waals surface area contributed by atoms with E-state index in [9.17, 15) is 0 Å². The number of hydrogen-bond acceptors (Lipinski definition) is 4. The third-order valence-electron chi connectivity index (χ3n) is 8.55. The van der Waals surface area contributed by atoms with E-state index in [0.717, 1.165) is 65.2 Å². The van der Waals surface area contributed by atoms with Crippen LogP contribution in [0.25, 0.3) is 28.0 Å². The number of fused-ring (bicyclic) bond motifs is 8. The Balaban J connectivity index is 1.50. The van der Waals surface area contributed by atoms with Crippen molar-refractivity contribution in [1.82, 2.24) is 0 Å². The zero-order valence-corrected chi connectivity index (χ0v) is 23.9. The van der Waals surface area contributed by atoms with Crippen LogP contribution in [0, 0.1) is 0 Å². The van der Waals surface area contributed by atoms with E-state index in [0.29, 0.717) is 0 Å². The van der Waals surface area contributed by atoms with Gasteiger partial charge in [0.05, 0.1) is 29.4 Å². The van der Waals surface area contributed by atoms with Crippen molar-refractivity contribution in [1.29, 1.82) is 0 Å². The van der Waals surface area contributed by atoms with Gasteiger partial charge in [0.15, 0.2) is 5.60 Å². The van der Waals surface area contributed by atoms with Gasteiger partial charge in [0, 0.05) is 22.9 Å². The number of methoxy groups -OCH3 is 2. The predicted octanol–water partition coefficient (Wildman–Crippen LogP) is 8.33. The second-order valence-corrected chi connectivity index (χ2v) is 10.7. The molecule has 1 aliphatic heterocycles. The summed E-state index contributed by atoms with van der Waals surface area (Å²) < 4.78 is 24.0. The SMILES string of the molecule is COc1ccc(C2(C3=CC=C(OP)CC3)C=Cc3c4c(c5ccc(OC)cc5c3O2)-c2ccccc2CC4)cc1. The minimum atomic E-state index is -0.765. The molecule has 0 fully saturated rings. The maximum absolute atomic E-state index is 7.33. The molecule has 0 saturated heterocycles. The Kier molecular flexibility index (Phi) is 6.17. The van der Waals surface area contributed by atoms with Gasteiger partial charge in [-0.3, -0.25) is 0 Å². The van der Waals surface area contributed by atoms with Crippen LogP contribution in [-0.2, 0) is 23.0 Å². The van der Waals surface area contributed by atoms with Crippen molar-refractivity contribution in [3.8, 4) is 28.4 Å². The van der Waals surface area contributed by atoms with Gasteiger partial charge in [0.2, 0.25) is 0 Å². The number of ether oxygens (including phenoxy) is 3. The van der Waals surface area contributed by atoms with E-state index < -0.39 is 5.60 Å². The van der Waals surface area contributed by atoms with Gasteiger partial charge in [-0.05, 0) is 95.0 Å². The highest BCUT2D eigenvalue weighted by Gasteiger charge is 2.41. The van der Waals surface area contributed by atoms with Crippen LogP contribution in [0.4, 0.5) is 0 Å². The summed E-state index contributed by atoms with van der Waals surface area (Å²) in [6.45, 7) is 0. The summed E-state index contributed by atoms with van der Waals surface area (Å²) >= 11 is 0. The Morgan fingerprint density at radius 2 is 1.60 bits per heavy atom. The molecule has 0 aromatic heterocycles. The largest absolute Gasteiger partial charge is 0.497 e. The van der Waals surface area contributed by atoms with E-state index in [-0.39, 0.29) is 0 Å². The first-order valence-electron chi connectivity index (χ1n) is 13.7. The van der Waals surface area contributed by atoms with E-state index >= 15 is 0 Å². The fourth-order valence-corrected chi connectivity index (χ4v) is 6.70. The number of hydrogen-bond donors (Lipinski definition) is 0. The second-order valence-electron chi connectivity index (χ2n) is 10.5. The monoisotopic (exact) mass is 546 g/mol. The summed E-state index contributed by atoms with van der Waals surface area (Å²) in [6.07, 6.45) is 12.4. The molecule has 0 bridgehead atoms. The average molecular weight is 547 g/mol. The molecule has 5 heteroatoms. The Morgan fingerprint density at radius 3 is 2.35 bits per heavy atom. The Labute approximate surface area is 237 Å². The van der Waals surface area contributed by atoms with Crippen LogP contribution >= 0.6 is 9.47 Å². The predicted molar refractivity (Wildman–Crippen MR) is 164 cm³/mol. The number of allylic oxidation sites excluding steroid dienone is 3. The quantitative estimate of drug-likeness (QED) is 0.236. The summed E-state index contributed by atoms with van der Waals surface area (Å²) in [4.78, 5) is 0. The maximum Gasteiger partial charge on any atom is 0.174 e. The highest BCUT2D eigenvalue weighted by atomic mass is 31.0. The van der Waals surface area contributed by atoms with Crippen LogP contribution in [0.15, 0.2) is 96.3 Å². The normalized spacial score (nSPS) is 19.0. The van der Waals surface area contributed by atoms with Crippen LogP contribution < -0.4 is 14.2 Å². The van der Waals surface area contributed by atoms with Crippen molar-refractivity contribution in [2.75, 3.05) is 14.2 Å². The average Bonchev–Trinajstić information content (AvgIpc) is 3.04. The number of aryl methyl sites for hydroxylation is 1. The summed E-state index contributed by atoms with van der Waals surface area (Å²) in [5.74, 6) is 3.48. The third-order valence-corrected chi connectivity index (χ3v) is 8.85. The molecule has 4 aromatic carbocycles. The van der Waals surface area contributed by atoms with Crippen molar-refractivity contribution in [3.63, 3.8) is 0 Å². The Bertz CT molecular complexity index is 1730. The molecule has 7 rings (SSSR count). The minimum Gasteiger partial charge on any atom is -0.497 e. The van der Waals surface area contributed by atoms with Gasteiger partial charge in [0.25, 0.3) is 0 Å². The van der Waals surface area contributed by atoms with E-state index in [2.05, 4.69) is 88.4 Å². The lowest BCUT2D eigenvalue weighted by molar-refractivity contribution is 0.153. The van der Waals surface area contributed by atoms with E-state index in [1.165, 1.54) is 33.2 Å². The number of benzene rings is 4. The van der Waals surface area contributed by atoms with Gasteiger partial charge in [0.1, 0.15) is 17.2 Å². The lowest BCUT2D eigenvalue weighted by Gasteiger charge is -2.40. The van der Waals surface area contributed by atoms with E-state index in [1.807, 2.05) is 12.1 Å². The molecule has 2 atom stereocenters. The van der Waals surface area contributed by atoms with Gasteiger partial charge in [-0.15, -0.1) is 0 Å². The third kappa shape index (κ3) is 3.85. The van der Waals surface area contributed by atoms with E-state index in [4.69, 9.17) is 18.7 Å². The molecule has 0 amide bonds. The summed E-state index contributed by atoms with van der Waals surface area (Å²) in [5.41, 5.74) is 8.01. The smallest absolute Gasteiger partial charge is 0.174 e. The molecule has 200 valence electrons. The molecule has 40 heavy (non-hydrogen) atoms. The van der Waals surface area contributed by atoms with Gasteiger partial charge < -0.3 is 18.7 Å². The molecule has 1 heterocycles. The molecule has 4 aromatic rings. The van der Waals surface area contributed by atoms with Crippen LogP contribution in [0.5, 0.6) is 17.2 Å². The molecule has 2 unspecified atom stereocenters. The van der Waals surface area contributed by atoms with Crippen molar-refractivity contribution in [2.45, 2.75) is 31.3 Å². The topological polar surface area (TPSA) is 36.9 Å². The van der Waals surface area contributed by atoms with E-state index in [1.54, 1.807) is 14.2 Å². The molecule has 3 aliphatic rings. The minimum absolute atomic E-state index is 0.765. The Hall–Kier alpha value is -4.01. The number of rotatable bonds is 5. The standard InChI is InChI=1S/C35H31O4P/c1-36-25-12-8-23(9-13-25)35(24-10-14-26(39-40)15-11-24)20-19-31-29-17-7-22-5-3-4-6-28(22)33(29)30-18-16-27(37-2)21-32(30)34(31)38-35/h3-6,8-10,12-14,16,18-21H,7,11,15,17,40H2,1-2H3. The van der Waals surface area contributed by atoms with Crippen LogP contribution in [0.2, 0.25) is 0 Å². The van der Waals surface area contributed by atoms with Gasteiger partial charge in [-0.2, -0.15) is 0 Å². The van der Waals surface area contributed by atoms with Crippen LogP contribution in [-0.4, -0.2) is 14.2 Å². The zero-order valence-electron chi connectivity index (χ0n) is 22.7. The fraction of sp³-hybridized carbons (Fsp3) is 0.200. The molecule has 2 aliphatic carbocycles. The molecule has 4 nitrogen and oxygen atoms in total. The molecule has 0 spiro atoms. The van der Waals surface area contributed by atoms with Gasteiger partial charge in [-0.25, -0.2) is 0 Å². The summed E-state index contributed by atoms with van der Waals surface area (Å²) in [7, 11) is 5.77. The van der Waals surface area contributed by atoms with Crippen molar-refractivity contribution < 1.29 is 18.7 Å². The molecular formula is C35H31O4P. The van der Waals surface area contributed by atoms with Gasteiger partial charge >= 0.3 is 0 Å². The zero-order chi connectivity index (χ0) is 27.3. The fourth-order valence-electron chi connectivity index (χ4n) is 6.50. The van der Waals surface area contributed by atoms with Crippen LogP contribution in [0.1, 0.15) is 35.1 Å². The van der Waals surface area contributed by atoms with Gasteiger partial charge in [-0.1, -0.05) is 48.6 Å². The highest BCUT2D eigenvalue weighted by molar-refractivity contribution is 7.10. The Morgan fingerprint density at radius 1 is 0.800 bits per heavy atom. The second kappa shape index (κ2) is 9.87. The first-order chi connectivity index (χ1) is 19.6. The van der Waals surface area contributed by atoms with Crippen molar-refractivity contribution in [3.05, 3.63) is 119 Å². The lowest BCUT2D eigenvalue weighted by atomic mass is 9.76. The first kappa shape index (κ1) is 25.0. The molecule has 0 N–H and O–H groups in total. The molecular weight excluding hydrogens is 515 g/mol. The van der Waals surface area contributed by atoms with Crippen molar-refractivity contribution >= 4 is 26.3 Å². The maximum atomic E-state index is 7.33. The highest BCUT2D eigenvalue weighted by Crippen LogP contribution is 2.52. The molecule has 0 radical (unpaired) electrons. The molecule has 0 saturated carbocycles. The summed E-state index contributed by atoms with van der Waals surface area (Å²) in [6, 6.07) is 23.4. The first-order valence-corrected chi connectivity index (χ1v) is 14.2. The van der Waals surface area contributed by atoms with Crippen LogP contribution in [0.3, 0.4) is 0 Å². The lowest BCUT2D eigenvalue weighted by Crippen LogP contribution is -2.36.